The third kappa shape index (κ3) is 4.28. The summed E-state index contributed by atoms with van der Waals surface area (Å²) in [6, 6.07) is 13.2. The summed E-state index contributed by atoms with van der Waals surface area (Å²) in [6.07, 6.45) is 6.40. The topological polar surface area (TPSA) is 49.4 Å². The monoisotopic (exact) mass is 440 g/mol. The smallest absolute Gasteiger partial charge is 0.264 e. The Morgan fingerprint density at radius 1 is 1.20 bits per heavy atom. The van der Waals surface area contributed by atoms with Gasteiger partial charge in [0, 0.05) is 28.6 Å². The Bertz CT molecular complexity index is 1020. The predicted octanol–water partition coefficient (Wildman–Crippen LogP) is 5.76. The van der Waals surface area contributed by atoms with Crippen LogP contribution in [0, 0.1) is 5.92 Å². The number of hydrogen-bond acceptors (Lipinski definition) is 3. The van der Waals surface area contributed by atoms with E-state index in [0.29, 0.717) is 21.4 Å². The van der Waals surface area contributed by atoms with Crippen molar-refractivity contribution in [1.29, 1.82) is 0 Å². The van der Waals surface area contributed by atoms with Gasteiger partial charge >= 0.3 is 0 Å². The molecule has 0 bridgehead atoms. The third-order valence-corrected chi connectivity index (χ3v) is 7.36. The molecule has 0 spiro atoms. The van der Waals surface area contributed by atoms with Crippen molar-refractivity contribution in [3.05, 3.63) is 63.5 Å². The van der Waals surface area contributed by atoms with Gasteiger partial charge in [-0.2, -0.15) is 0 Å². The van der Waals surface area contributed by atoms with E-state index in [2.05, 4.69) is 12.2 Å². The van der Waals surface area contributed by atoms with Gasteiger partial charge < -0.3 is 10.2 Å². The fourth-order valence-electron chi connectivity index (χ4n) is 4.05. The zero-order valence-corrected chi connectivity index (χ0v) is 18.7. The minimum atomic E-state index is -0.106. The first-order chi connectivity index (χ1) is 14.4. The van der Waals surface area contributed by atoms with E-state index in [1.54, 1.807) is 11.9 Å². The summed E-state index contributed by atoms with van der Waals surface area (Å²) in [5, 5.41) is 3.80. The molecule has 30 heavy (non-hydrogen) atoms. The number of likely N-dealkylation sites (N-methyl/N-ethyl adjacent to an activating group) is 1. The number of nitrogens with zero attached hydrogens (tertiary/aromatic N) is 1. The van der Waals surface area contributed by atoms with Crippen molar-refractivity contribution in [3.8, 4) is 0 Å². The zero-order valence-electron chi connectivity index (χ0n) is 17.2. The highest BCUT2D eigenvalue weighted by Crippen LogP contribution is 2.42. The number of fused-ring (bicyclic) bond motifs is 1. The highest BCUT2D eigenvalue weighted by Gasteiger charge is 2.28. The fraction of sp³-hybridized carbons (Fsp3) is 0.333. The van der Waals surface area contributed by atoms with E-state index in [1.807, 2.05) is 48.5 Å². The lowest BCUT2D eigenvalue weighted by Crippen LogP contribution is -2.41. The molecule has 4 nitrogen and oxygen atoms in total. The number of hydrogen-bond donors (Lipinski definition) is 1. The Labute approximate surface area is 186 Å². The van der Waals surface area contributed by atoms with Gasteiger partial charge in [0.1, 0.15) is 0 Å². The van der Waals surface area contributed by atoms with Crippen molar-refractivity contribution in [1.82, 2.24) is 5.32 Å². The standard InChI is InChI=1S/C24H25ClN2O2S/c1-15-7-3-6-10-19(15)26-23(28)17-11-12-21-20(13-17)27(2)24(29)22(30-21)14-16-8-4-5-9-18(16)25/h4-5,8-9,11-15,19H,3,6-7,10H2,1-2H3,(H,26,28)/b22-14-/t15-,19+/m1/s1. The summed E-state index contributed by atoms with van der Waals surface area (Å²) < 4.78 is 0. The van der Waals surface area contributed by atoms with E-state index in [-0.39, 0.29) is 17.9 Å². The van der Waals surface area contributed by atoms with E-state index in [1.165, 1.54) is 18.2 Å². The van der Waals surface area contributed by atoms with Crippen LogP contribution < -0.4 is 10.2 Å². The van der Waals surface area contributed by atoms with Gasteiger partial charge in [0.25, 0.3) is 11.8 Å². The molecule has 4 rings (SSSR count). The lowest BCUT2D eigenvalue weighted by atomic mass is 9.86. The Morgan fingerprint density at radius 2 is 1.97 bits per heavy atom. The van der Waals surface area contributed by atoms with Crippen LogP contribution in [-0.4, -0.2) is 24.9 Å². The molecule has 0 radical (unpaired) electrons. The Hall–Kier alpha value is -2.24. The second kappa shape index (κ2) is 8.86. The second-order valence-electron chi connectivity index (χ2n) is 8.02. The molecule has 1 heterocycles. The molecule has 1 N–H and O–H groups in total. The Morgan fingerprint density at radius 3 is 2.73 bits per heavy atom. The number of anilines is 1. The predicted molar refractivity (Wildman–Crippen MR) is 124 cm³/mol. The normalized spacial score (nSPS) is 22.7. The van der Waals surface area contributed by atoms with Gasteiger partial charge in [0.2, 0.25) is 0 Å². The summed E-state index contributed by atoms with van der Waals surface area (Å²) in [6.45, 7) is 2.20. The largest absolute Gasteiger partial charge is 0.349 e. The molecule has 2 aliphatic rings. The van der Waals surface area contributed by atoms with Crippen LogP contribution in [-0.2, 0) is 4.79 Å². The average molecular weight is 441 g/mol. The van der Waals surface area contributed by atoms with Crippen LogP contribution in [0.3, 0.4) is 0 Å². The third-order valence-electron chi connectivity index (χ3n) is 5.94. The highest BCUT2D eigenvalue weighted by atomic mass is 35.5. The first kappa shape index (κ1) is 21.0. The summed E-state index contributed by atoms with van der Waals surface area (Å²) >= 11 is 7.66. The van der Waals surface area contributed by atoms with Crippen molar-refractivity contribution in [2.24, 2.45) is 5.92 Å². The average Bonchev–Trinajstić information content (AvgIpc) is 2.74. The van der Waals surface area contributed by atoms with E-state index in [4.69, 9.17) is 11.6 Å². The number of amides is 2. The summed E-state index contributed by atoms with van der Waals surface area (Å²) in [4.78, 5) is 28.9. The first-order valence-electron chi connectivity index (χ1n) is 10.3. The van der Waals surface area contributed by atoms with Gasteiger partial charge in [0.05, 0.1) is 10.6 Å². The van der Waals surface area contributed by atoms with Crippen LogP contribution in [0.1, 0.15) is 48.5 Å². The summed E-state index contributed by atoms with van der Waals surface area (Å²) in [7, 11) is 1.74. The van der Waals surface area contributed by atoms with Crippen molar-refractivity contribution >= 4 is 46.9 Å². The highest BCUT2D eigenvalue weighted by molar-refractivity contribution is 8.04. The minimum Gasteiger partial charge on any atom is -0.349 e. The second-order valence-corrected chi connectivity index (χ2v) is 9.51. The van der Waals surface area contributed by atoms with Crippen molar-refractivity contribution in [3.63, 3.8) is 0 Å². The molecule has 1 fully saturated rings. The Balaban J connectivity index is 1.57. The number of carbonyl (C=O) groups is 2. The van der Waals surface area contributed by atoms with Crippen LogP contribution in [0.2, 0.25) is 5.02 Å². The molecule has 1 saturated carbocycles. The van der Waals surface area contributed by atoms with Gasteiger partial charge in [-0.05, 0) is 54.7 Å². The molecule has 1 aliphatic heterocycles. The van der Waals surface area contributed by atoms with Crippen molar-refractivity contribution in [2.45, 2.75) is 43.5 Å². The van der Waals surface area contributed by atoms with Crippen LogP contribution >= 0.6 is 23.4 Å². The van der Waals surface area contributed by atoms with Crippen molar-refractivity contribution in [2.75, 3.05) is 11.9 Å². The molecule has 1 aliphatic carbocycles. The van der Waals surface area contributed by atoms with E-state index >= 15 is 0 Å². The maximum Gasteiger partial charge on any atom is 0.264 e. The Kier molecular flexibility index (Phi) is 6.21. The summed E-state index contributed by atoms with van der Waals surface area (Å²) in [5.74, 6) is 0.323. The SMILES string of the molecule is C[C@@H]1CCCC[C@@H]1NC(=O)c1ccc2c(c1)N(C)C(=O)/C(=C/c1ccccc1Cl)S2. The molecule has 156 valence electrons. The molecule has 2 atom stereocenters. The lowest BCUT2D eigenvalue weighted by molar-refractivity contribution is -0.114. The first-order valence-corrected chi connectivity index (χ1v) is 11.5. The molecule has 2 aromatic rings. The molecule has 0 aromatic heterocycles. The molecule has 2 aromatic carbocycles. The molecule has 2 amide bonds. The molecular formula is C24H25ClN2O2S. The quantitative estimate of drug-likeness (QED) is 0.617. The number of benzene rings is 2. The lowest BCUT2D eigenvalue weighted by Gasteiger charge is -2.30. The molecule has 0 saturated heterocycles. The number of nitrogens with one attached hydrogen (secondary N) is 1. The van der Waals surface area contributed by atoms with Gasteiger partial charge in [0.15, 0.2) is 0 Å². The van der Waals surface area contributed by atoms with Gasteiger partial charge in [-0.1, -0.05) is 61.3 Å². The van der Waals surface area contributed by atoms with Crippen molar-refractivity contribution < 1.29 is 9.59 Å². The maximum atomic E-state index is 12.9. The molecule has 0 unspecified atom stereocenters. The summed E-state index contributed by atoms with van der Waals surface area (Å²) in [5.41, 5.74) is 2.15. The zero-order chi connectivity index (χ0) is 21.3. The van der Waals surface area contributed by atoms with Crippen LogP contribution in [0.15, 0.2) is 52.3 Å². The fourth-order valence-corrected chi connectivity index (χ4v) is 5.32. The van der Waals surface area contributed by atoms with Crippen LogP contribution in [0.5, 0.6) is 0 Å². The number of carbonyl (C=O) groups excluding carboxylic acids is 2. The number of thioether (sulfide) groups is 1. The van der Waals surface area contributed by atoms with Gasteiger partial charge in [-0.3, -0.25) is 9.59 Å². The van der Waals surface area contributed by atoms with Gasteiger partial charge in [-0.25, -0.2) is 0 Å². The van der Waals surface area contributed by atoms with E-state index in [0.717, 1.165) is 35.4 Å². The van der Waals surface area contributed by atoms with E-state index in [9.17, 15) is 9.59 Å². The maximum absolute atomic E-state index is 12.9. The molecule has 6 heteroatoms. The molecular weight excluding hydrogens is 416 g/mol. The van der Waals surface area contributed by atoms with Crippen LogP contribution in [0.25, 0.3) is 6.08 Å². The minimum absolute atomic E-state index is 0.0696. The number of halogens is 1. The van der Waals surface area contributed by atoms with Gasteiger partial charge in [-0.15, -0.1) is 0 Å². The number of rotatable bonds is 3. The van der Waals surface area contributed by atoms with E-state index < -0.39 is 0 Å². The van der Waals surface area contributed by atoms with Crippen LogP contribution in [0.4, 0.5) is 5.69 Å².